The van der Waals surface area contributed by atoms with Crippen molar-refractivity contribution < 1.29 is 5.11 Å². The van der Waals surface area contributed by atoms with Crippen molar-refractivity contribution in [1.82, 2.24) is 0 Å². The molecule has 0 saturated carbocycles. The molecule has 0 heterocycles. The summed E-state index contributed by atoms with van der Waals surface area (Å²) in [5.41, 5.74) is 10.5. The van der Waals surface area contributed by atoms with Gasteiger partial charge in [0.1, 0.15) is 0 Å². The molecule has 0 aliphatic carbocycles. The molecule has 20 heavy (non-hydrogen) atoms. The number of aliphatic hydroxyl groups is 1. The Bertz CT molecular complexity index is 559. The maximum atomic E-state index is 9.94. The maximum Gasteiger partial charge on any atom is 0.0543 e. The zero-order valence-electron chi connectivity index (χ0n) is 12.3. The lowest BCUT2D eigenvalue weighted by molar-refractivity contribution is 0.196. The summed E-state index contributed by atoms with van der Waals surface area (Å²) < 4.78 is 0. The highest BCUT2D eigenvalue weighted by Crippen LogP contribution is 2.28. The minimum atomic E-state index is -0.400. The van der Waals surface area contributed by atoms with Gasteiger partial charge in [0, 0.05) is 12.0 Å². The van der Waals surface area contributed by atoms with Crippen LogP contribution in [-0.4, -0.2) is 18.3 Å². The maximum absolute atomic E-state index is 9.94. The predicted octanol–water partition coefficient (Wildman–Crippen LogP) is 2.73. The molecule has 0 aliphatic heterocycles. The van der Waals surface area contributed by atoms with Gasteiger partial charge in [0.15, 0.2) is 0 Å². The average Bonchev–Trinajstić information content (AvgIpc) is 2.49. The quantitative estimate of drug-likeness (QED) is 0.876. The van der Waals surface area contributed by atoms with Crippen molar-refractivity contribution in [3.05, 3.63) is 70.8 Å². The van der Waals surface area contributed by atoms with E-state index < -0.39 is 5.41 Å². The van der Waals surface area contributed by atoms with Gasteiger partial charge in [0.2, 0.25) is 0 Å². The van der Waals surface area contributed by atoms with E-state index in [1.807, 2.05) is 30.3 Å². The summed E-state index contributed by atoms with van der Waals surface area (Å²) in [7, 11) is 0. The van der Waals surface area contributed by atoms with Crippen molar-refractivity contribution in [2.45, 2.75) is 25.7 Å². The van der Waals surface area contributed by atoms with Crippen LogP contribution in [0.2, 0.25) is 0 Å². The van der Waals surface area contributed by atoms with E-state index >= 15 is 0 Å². The van der Waals surface area contributed by atoms with Gasteiger partial charge in [-0.05, 0) is 42.5 Å². The van der Waals surface area contributed by atoms with Gasteiger partial charge in [-0.15, -0.1) is 0 Å². The molecule has 0 aliphatic rings. The molecule has 2 aromatic carbocycles. The molecule has 1 unspecified atom stereocenters. The standard InChI is InChI=1S/C18H23NO/c1-14-8-9-16(10-15(14)2)11-18(12-19,13-20)17-6-4-3-5-7-17/h3-10,20H,11-13,19H2,1-2H3. The fourth-order valence-electron chi connectivity index (χ4n) is 2.60. The van der Waals surface area contributed by atoms with E-state index in [0.717, 1.165) is 12.0 Å². The monoisotopic (exact) mass is 269 g/mol. The summed E-state index contributed by atoms with van der Waals surface area (Å²) in [6.07, 6.45) is 0.755. The number of rotatable bonds is 5. The first-order chi connectivity index (χ1) is 9.61. The number of nitrogens with two attached hydrogens (primary N) is 1. The second-order valence-corrected chi connectivity index (χ2v) is 5.60. The Kier molecular flexibility index (Phi) is 4.58. The highest BCUT2D eigenvalue weighted by Gasteiger charge is 2.30. The first-order valence-corrected chi connectivity index (χ1v) is 7.04. The summed E-state index contributed by atoms with van der Waals surface area (Å²) in [6.45, 7) is 4.71. The average molecular weight is 269 g/mol. The van der Waals surface area contributed by atoms with Crippen LogP contribution in [0.4, 0.5) is 0 Å². The third kappa shape index (κ3) is 2.92. The topological polar surface area (TPSA) is 46.2 Å². The molecule has 1 atom stereocenters. The minimum absolute atomic E-state index is 0.0560. The van der Waals surface area contributed by atoms with Gasteiger partial charge in [-0.3, -0.25) is 0 Å². The van der Waals surface area contributed by atoms with Crippen LogP contribution in [0.3, 0.4) is 0 Å². The predicted molar refractivity (Wildman–Crippen MR) is 83.9 cm³/mol. The fraction of sp³-hybridized carbons (Fsp3) is 0.333. The largest absolute Gasteiger partial charge is 0.395 e. The van der Waals surface area contributed by atoms with Gasteiger partial charge in [0.25, 0.3) is 0 Å². The molecule has 106 valence electrons. The van der Waals surface area contributed by atoms with Gasteiger partial charge >= 0.3 is 0 Å². The molecule has 0 fully saturated rings. The van der Waals surface area contributed by atoms with Crippen LogP contribution in [0.15, 0.2) is 48.5 Å². The Hall–Kier alpha value is -1.64. The lowest BCUT2D eigenvalue weighted by atomic mass is 9.76. The van der Waals surface area contributed by atoms with Crippen molar-refractivity contribution in [3.8, 4) is 0 Å². The van der Waals surface area contributed by atoms with Crippen molar-refractivity contribution in [3.63, 3.8) is 0 Å². The molecule has 2 heteroatoms. The molecular weight excluding hydrogens is 246 g/mol. The molecule has 2 nitrogen and oxygen atoms in total. The Morgan fingerprint density at radius 1 is 1.00 bits per heavy atom. The van der Waals surface area contributed by atoms with E-state index in [-0.39, 0.29) is 6.61 Å². The van der Waals surface area contributed by atoms with E-state index in [9.17, 15) is 5.11 Å². The Morgan fingerprint density at radius 2 is 1.70 bits per heavy atom. The molecule has 0 aromatic heterocycles. The summed E-state index contributed by atoms with van der Waals surface area (Å²) in [5.74, 6) is 0. The second-order valence-electron chi connectivity index (χ2n) is 5.60. The Morgan fingerprint density at radius 3 is 2.25 bits per heavy atom. The zero-order valence-corrected chi connectivity index (χ0v) is 12.3. The highest BCUT2D eigenvalue weighted by molar-refractivity contribution is 5.34. The third-order valence-electron chi connectivity index (χ3n) is 4.19. The summed E-state index contributed by atoms with van der Waals surface area (Å²) in [4.78, 5) is 0. The smallest absolute Gasteiger partial charge is 0.0543 e. The van der Waals surface area contributed by atoms with Crippen LogP contribution in [0, 0.1) is 13.8 Å². The molecule has 0 saturated heterocycles. The van der Waals surface area contributed by atoms with E-state index in [1.165, 1.54) is 16.7 Å². The normalized spacial score (nSPS) is 14.0. The Labute approximate surface area is 121 Å². The Balaban J connectivity index is 2.36. The summed E-state index contributed by atoms with van der Waals surface area (Å²) >= 11 is 0. The van der Waals surface area contributed by atoms with Crippen LogP contribution in [-0.2, 0) is 11.8 Å². The van der Waals surface area contributed by atoms with Crippen molar-refractivity contribution in [2.24, 2.45) is 5.73 Å². The van der Waals surface area contributed by atoms with Crippen LogP contribution in [0.25, 0.3) is 0 Å². The molecule has 0 radical (unpaired) electrons. The first-order valence-electron chi connectivity index (χ1n) is 7.04. The van der Waals surface area contributed by atoms with Gasteiger partial charge in [-0.2, -0.15) is 0 Å². The number of aliphatic hydroxyl groups excluding tert-OH is 1. The number of hydrogen-bond acceptors (Lipinski definition) is 2. The van der Waals surface area contributed by atoms with Crippen LogP contribution in [0.5, 0.6) is 0 Å². The van der Waals surface area contributed by atoms with Crippen LogP contribution >= 0.6 is 0 Å². The highest BCUT2D eigenvalue weighted by atomic mass is 16.3. The van der Waals surface area contributed by atoms with Crippen molar-refractivity contribution >= 4 is 0 Å². The second kappa shape index (κ2) is 6.21. The first kappa shape index (κ1) is 14.8. The summed E-state index contributed by atoms with van der Waals surface area (Å²) in [5, 5.41) is 9.94. The third-order valence-corrected chi connectivity index (χ3v) is 4.19. The molecule has 0 bridgehead atoms. The molecule has 2 rings (SSSR count). The number of hydrogen-bond donors (Lipinski definition) is 2. The van der Waals surface area contributed by atoms with Crippen LogP contribution < -0.4 is 5.73 Å². The lowest BCUT2D eigenvalue weighted by Crippen LogP contribution is -2.41. The van der Waals surface area contributed by atoms with Crippen molar-refractivity contribution in [2.75, 3.05) is 13.2 Å². The SMILES string of the molecule is Cc1ccc(CC(CN)(CO)c2ccccc2)cc1C. The van der Waals surface area contributed by atoms with Crippen LogP contribution in [0.1, 0.15) is 22.3 Å². The van der Waals surface area contributed by atoms with Gasteiger partial charge in [0.05, 0.1) is 6.61 Å². The van der Waals surface area contributed by atoms with Crippen molar-refractivity contribution in [1.29, 1.82) is 0 Å². The zero-order chi connectivity index (χ0) is 14.6. The molecule has 0 spiro atoms. The lowest BCUT2D eigenvalue weighted by Gasteiger charge is -2.31. The van der Waals surface area contributed by atoms with E-state index in [4.69, 9.17) is 5.73 Å². The van der Waals surface area contributed by atoms with E-state index in [2.05, 4.69) is 32.0 Å². The van der Waals surface area contributed by atoms with Gasteiger partial charge in [-0.1, -0.05) is 48.5 Å². The molecule has 2 aromatic rings. The minimum Gasteiger partial charge on any atom is -0.395 e. The van der Waals surface area contributed by atoms with Gasteiger partial charge < -0.3 is 10.8 Å². The van der Waals surface area contributed by atoms with Gasteiger partial charge in [-0.25, -0.2) is 0 Å². The molecule has 3 N–H and O–H groups in total. The molecule has 0 amide bonds. The number of benzene rings is 2. The van der Waals surface area contributed by atoms with E-state index in [1.54, 1.807) is 0 Å². The number of aryl methyl sites for hydroxylation is 2. The summed E-state index contributed by atoms with van der Waals surface area (Å²) in [6, 6.07) is 16.5. The molecular formula is C18H23NO. The fourth-order valence-corrected chi connectivity index (χ4v) is 2.60. The van der Waals surface area contributed by atoms with E-state index in [0.29, 0.717) is 6.54 Å².